The van der Waals surface area contributed by atoms with E-state index in [1.807, 2.05) is 0 Å². The standard InChI is InChI=1S/C10H7F5/c11-7-1-5-3-9(13)10(14,15)4-6(5)2-8(7)12/h1-2,9H,3-4H2. The predicted octanol–water partition coefficient (Wildman–Crippen LogP) is 3.04. The average molecular weight is 222 g/mol. The van der Waals surface area contributed by atoms with Gasteiger partial charge in [0, 0.05) is 12.8 Å². The Bertz CT molecular complexity index is 399. The van der Waals surface area contributed by atoms with Gasteiger partial charge < -0.3 is 0 Å². The average Bonchev–Trinajstić information content (AvgIpc) is 2.11. The number of fused-ring (bicyclic) bond motifs is 1. The largest absolute Gasteiger partial charge is 0.282 e. The molecule has 0 saturated carbocycles. The van der Waals surface area contributed by atoms with Gasteiger partial charge in [0.25, 0.3) is 5.92 Å². The minimum atomic E-state index is -3.49. The third kappa shape index (κ3) is 1.70. The van der Waals surface area contributed by atoms with E-state index in [4.69, 9.17) is 0 Å². The molecule has 0 nitrogen and oxygen atoms in total. The van der Waals surface area contributed by atoms with Gasteiger partial charge in [-0.15, -0.1) is 0 Å². The van der Waals surface area contributed by atoms with E-state index < -0.39 is 36.6 Å². The van der Waals surface area contributed by atoms with E-state index in [1.54, 1.807) is 0 Å². The first kappa shape index (κ1) is 10.4. The van der Waals surface area contributed by atoms with Crippen molar-refractivity contribution < 1.29 is 22.0 Å². The molecular weight excluding hydrogens is 215 g/mol. The van der Waals surface area contributed by atoms with Crippen LogP contribution < -0.4 is 0 Å². The summed E-state index contributed by atoms with van der Waals surface area (Å²) in [5.41, 5.74) is 0.0973. The molecule has 0 amide bonds. The third-order valence-electron chi connectivity index (χ3n) is 2.53. The van der Waals surface area contributed by atoms with Crippen LogP contribution in [0.2, 0.25) is 0 Å². The Kier molecular flexibility index (Phi) is 2.20. The molecule has 1 aromatic rings. The molecule has 1 aliphatic rings. The summed E-state index contributed by atoms with van der Waals surface area (Å²) in [6.45, 7) is 0. The summed E-state index contributed by atoms with van der Waals surface area (Å²) in [7, 11) is 0. The summed E-state index contributed by atoms with van der Waals surface area (Å²) in [5, 5.41) is 0. The highest BCUT2D eigenvalue weighted by Gasteiger charge is 2.44. The highest BCUT2D eigenvalue weighted by Crippen LogP contribution is 2.35. The lowest BCUT2D eigenvalue weighted by atomic mass is 9.87. The smallest absolute Gasteiger partial charge is 0.240 e. The Morgan fingerprint density at radius 3 is 2.20 bits per heavy atom. The van der Waals surface area contributed by atoms with Crippen molar-refractivity contribution in [2.24, 2.45) is 0 Å². The van der Waals surface area contributed by atoms with Crippen molar-refractivity contribution >= 4 is 0 Å². The molecule has 1 atom stereocenters. The van der Waals surface area contributed by atoms with E-state index in [0.29, 0.717) is 6.07 Å². The fourth-order valence-electron chi connectivity index (χ4n) is 1.69. The molecule has 0 heterocycles. The second kappa shape index (κ2) is 3.18. The molecule has 0 fully saturated rings. The van der Waals surface area contributed by atoms with Crippen molar-refractivity contribution in [1.82, 2.24) is 0 Å². The van der Waals surface area contributed by atoms with Crippen LogP contribution in [-0.2, 0) is 12.8 Å². The quantitative estimate of drug-likeness (QED) is 0.592. The van der Waals surface area contributed by atoms with Crippen LogP contribution in [0.1, 0.15) is 11.1 Å². The molecule has 1 unspecified atom stereocenters. The zero-order valence-electron chi connectivity index (χ0n) is 7.54. The molecule has 5 heteroatoms. The molecule has 0 aromatic heterocycles. The minimum absolute atomic E-state index is 0.0206. The van der Waals surface area contributed by atoms with Crippen molar-refractivity contribution in [2.75, 3.05) is 0 Å². The van der Waals surface area contributed by atoms with Gasteiger partial charge >= 0.3 is 0 Å². The summed E-state index contributed by atoms with van der Waals surface area (Å²) in [4.78, 5) is 0. The minimum Gasteiger partial charge on any atom is -0.240 e. The van der Waals surface area contributed by atoms with Crippen molar-refractivity contribution in [3.8, 4) is 0 Å². The molecule has 0 bridgehead atoms. The second-order valence-corrected chi connectivity index (χ2v) is 3.64. The van der Waals surface area contributed by atoms with E-state index >= 15 is 0 Å². The Hall–Kier alpha value is -1.13. The van der Waals surface area contributed by atoms with E-state index in [2.05, 4.69) is 0 Å². The highest BCUT2D eigenvalue weighted by atomic mass is 19.3. The summed E-state index contributed by atoms with van der Waals surface area (Å²) >= 11 is 0. The summed E-state index contributed by atoms with van der Waals surface area (Å²) in [6, 6.07) is 1.50. The van der Waals surface area contributed by atoms with Crippen LogP contribution in [0.3, 0.4) is 0 Å². The van der Waals surface area contributed by atoms with Gasteiger partial charge in [-0.2, -0.15) is 0 Å². The van der Waals surface area contributed by atoms with Crippen LogP contribution in [0.25, 0.3) is 0 Å². The van der Waals surface area contributed by atoms with Gasteiger partial charge in [-0.1, -0.05) is 0 Å². The van der Waals surface area contributed by atoms with Crippen LogP contribution >= 0.6 is 0 Å². The van der Waals surface area contributed by atoms with E-state index in [9.17, 15) is 22.0 Å². The van der Waals surface area contributed by atoms with Gasteiger partial charge in [0.15, 0.2) is 17.8 Å². The molecule has 2 rings (SSSR count). The molecule has 82 valence electrons. The van der Waals surface area contributed by atoms with Crippen LogP contribution in [0, 0.1) is 11.6 Å². The van der Waals surface area contributed by atoms with Crippen molar-refractivity contribution in [3.05, 3.63) is 34.9 Å². The third-order valence-corrected chi connectivity index (χ3v) is 2.53. The summed E-state index contributed by atoms with van der Waals surface area (Å²) in [5.74, 6) is -5.80. The lowest BCUT2D eigenvalue weighted by Crippen LogP contribution is -2.38. The molecule has 15 heavy (non-hydrogen) atoms. The Labute approximate surface area is 82.7 Å². The van der Waals surface area contributed by atoms with Crippen LogP contribution in [0.5, 0.6) is 0 Å². The number of alkyl halides is 3. The van der Waals surface area contributed by atoms with Crippen LogP contribution in [0.4, 0.5) is 22.0 Å². The maximum atomic E-state index is 12.9. The normalized spacial score (nSPS) is 23.7. The highest BCUT2D eigenvalue weighted by molar-refractivity contribution is 5.33. The predicted molar refractivity (Wildman–Crippen MR) is 43.6 cm³/mol. The molecule has 0 spiro atoms. The van der Waals surface area contributed by atoms with Crippen molar-refractivity contribution in [3.63, 3.8) is 0 Å². The Morgan fingerprint density at radius 1 is 1.07 bits per heavy atom. The van der Waals surface area contributed by atoms with Gasteiger partial charge in [-0.25, -0.2) is 22.0 Å². The fraction of sp³-hybridized carbons (Fsp3) is 0.400. The van der Waals surface area contributed by atoms with E-state index in [1.165, 1.54) is 0 Å². The maximum absolute atomic E-state index is 12.9. The SMILES string of the molecule is Fc1cc2c(cc1F)CC(F)(F)C(F)C2. The van der Waals surface area contributed by atoms with Crippen molar-refractivity contribution in [2.45, 2.75) is 24.9 Å². The van der Waals surface area contributed by atoms with Gasteiger partial charge in [0.2, 0.25) is 0 Å². The topological polar surface area (TPSA) is 0 Å². The first-order valence-corrected chi connectivity index (χ1v) is 4.39. The van der Waals surface area contributed by atoms with E-state index in [0.717, 1.165) is 6.07 Å². The molecule has 1 aromatic carbocycles. The first-order chi connectivity index (χ1) is 6.90. The maximum Gasteiger partial charge on any atom is 0.282 e. The van der Waals surface area contributed by atoms with Crippen LogP contribution in [0.15, 0.2) is 12.1 Å². The van der Waals surface area contributed by atoms with Gasteiger partial charge in [0.1, 0.15) is 0 Å². The fourth-order valence-corrected chi connectivity index (χ4v) is 1.69. The van der Waals surface area contributed by atoms with Crippen molar-refractivity contribution in [1.29, 1.82) is 0 Å². The molecular formula is C10H7F5. The molecule has 0 aliphatic heterocycles. The molecule has 0 N–H and O–H groups in total. The van der Waals surface area contributed by atoms with Crippen LogP contribution in [-0.4, -0.2) is 12.1 Å². The van der Waals surface area contributed by atoms with E-state index in [-0.39, 0.29) is 11.1 Å². The zero-order chi connectivity index (χ0) is 11.2. The summed E-state index contributed by atoms with van der Waals surface area (Å²) < 4.78 is 64.2. The molecule has 0 radical (unpaired) electrons. The van der Waals surface area contributed by atoms with Gasteiger partial charge in [-0.3, -0.25) is 0 Å². The monoisotopic (exact) mass is 222 g/mol. The Morgan fingerprint density at radius 2 is 1.60 bits per heavy atom. The lowest BCUT2D eigenvalue weighted by Gasteiger charge is -2.27. The molecule has 1 aliphatic carbocycles. The number of hydrogen-bond donors (Lipinski definition) is 0. The summed E-state index contributed by atoms with van der Waals surface area (Å²) in [6.07, 6.45) is -3.77. The molecule has 0 saturated heterocycles. The number of rotatable bonds is 0. The Balaban J connectivity index is 2.46. The van der Waals surface area contributed by atoms with Gasteiger partial charge in [0.05, 0.1) is 0 Å². The number of hydrogen-bond acceptors (Lipinski definition) is 0. The second-order valence-electron chi connectivity index (χ2n) is 3.64. The lowest BCUT2D eigenvalue weighted by molar-refractivity contribution is -0.0767. The first-order valence-electron chi connectivity index (χ1n) is 4.39. The number of benzene rings is 1. The zero-order valence-corrected chi connectivity index (χ0v) is 7.54. The number of halogens is 5. The van der Waals surface area contributed by atoms with Gasteiger partial charge in [-0.05, 0) is 23.3 Å².